The minimum Gasteiger partial charge on any atom is -0.486 e. The van der Waals surface area contributed by atoms with Gasteiger partial charge in [-0.25, -0.2) is 0 Å². The highest BCUT2D eigenvalue weighted by Gasteiger charge is 2.05. The van der Waals surface area contributed by atoms with Crippen LogP contribution in [0.4, 0.5) is 0 Å². The maximum absolute atomic E-state index is 5.73. The van der Waals surface area contributed by atoms with E-state index in [0.717, 1.165) is 11.4 Å². The van der Waals surface area contributed by atoms with E-state index in [9.17, 15) is 0 Å². The molecule has 0 fully saturated rings. The zero-order chi connectivity index (χ0) is 12.0. The standard InChI is InChI=1S/C11H14Cl2N2O/c1-8-2-3-11(10(15-8)4-5-14)16-7-9(13)6-12/h2-3,6H,4-5,7,14H2,1H3. The van der Waals surface area contributed by atoms with E-state index < -0.39 is 0 Å². The van der Waals surface area contributed by atoms with E-state index >= 15 is 0 Å². The first-order chi connectivity index (χ1) is 7.67. The number of ether oxygens (including phenoxy) is 1. The minimum atomic E-state index is 0.243. The van der Waals surface area contributed by atoms with E-state index in [1.54, 1.807) is 0 Å². The smallest absolute Gasteiger partial charge is 0.141 e. The Kier molecular flexibility index (Phi) is 5.60. The van der Waals surface area contributed by atoms with Gasteiger partial charge in [0, 0.05) is 17.6 Å². The summed E-state index contributed by atoms with van der Waals surface area (Å²) in [6, 6.07) is 3.75. The second kappa shape index (κ2) is 6.74. The first kappa shape index (κ1) is 13.3. The Balaban J connectivity index is 2.77. The van der Waals surface area contributed by atoms with Crippen LogP contribution >= 0.6 is 23.2 Å². The lowest BCUT2D eigenvalue weighted by Crippen LogP contribution is -2.08. The van der Waals surface area contributed by atoms with Crippen LogP contribution in [0.5, 0.6) is 5.75 Å². The third-order valence-electron chi connectivity index (χ3n) is 1.94. The number of nitrogens with zero attached hydrogens (tertiary/aromatic N) is 1. The summed E-state index contributed by atoms with van der Waals surface area (Å²) >= 11 is 11.2. The maximum Gasteiger partial charge on any atom is 0.141 e. The van der Waals surface area contributed by atoms with Gasteiger partial charge in [0.1, 0.15) is 12.4 Å². The number of hydrogen-bond acceptors (Lipinski definition) is 3. The van der Waals surface area contributed by atoms with Crippen molar-refractivity contribution in [2.45, 2.75) is 13.3 Å². The Morgan fingerprint density at radius 3 is 2.94 bits per heavy atom. The normalized spacial score (nSPS) is 11.6. The zero-order valence-corrected chi connectivity index (χ0v) is 10.6. The largest absolute Gasteiger partial charge is 0.486 e. The molecule has 0 spiro atoms. The highest BCUT2D eigenvalue weighted by molar-refractivity contribution is 6.36. The number of halogens is 2. The maximum atomic E-state index is 5.73. The quantitative estimate of drug-likeness (QED) is 0.886. The van der Waals surface area contributed by atoms with Crippen molar-refractivity contribution in [3.05, 3.63) is 34.1 Å². The summed E-state index contributed by atoms with van der Waals surface area (Å²) in [5, 5.41) is 0.445. The average molecular weight is 261 g/mol. The lowest BCUT2D eigenvalue weighted by molar-refractivity contribution is 0.353. The first-order valence-electron chi connectivity index (χ1n) is 4.91. The van der Waals surface area contributed by atoms with Crippen molar-refractivity contribution in [3.63, 3.8) is 0 Å². The second-order valence-electron chi connectivity index (χ2n) is 3.28. The highest BCUT2D eigenvalue weighted by Crippen LogP contribution is 2.18. The number of hydrogen-bond donors (Lipinski definition) is 1. The predicted octanol–water partition coefficient (Wildman–Crippen LogP) is 2.59. The number of aryl methyl sites for hydroxylation is 1. The number of pyridine rings is 1. The van der Waals surface area contributed by atoms with Crippen LogP contribution in [0.25, 0.3) is 0 Å². The molecule has 0 saturated carbocycles. The van der Waals surface area contributed by atoms with E-state index in [-0.39, 0.29) is 6.61 Å². The van der Waals surface area contributed by atoms with E-state index in [1.807, 2.05) is 19.1 Å². The molecule has 88 valence electrons. The van der Waals surface area contributed by atoms with Gasteiger partial charge >= 0.3 is 0 Å². The van der Waals surface area contributed by atoms with E-state index in [2.05, 4.69) is 4.98 Å². The molecule has 1 heterocycles. The molecule has 0 amide bonds. The number of aromatic nitrogens is 1. The van der Waals surface area contributed by atoms with Crippen LogP contribution in [0.1, 0.15) is 11.4 Å². The SMILES string of the molecule is Cc1ccc(OCC(Cl)=CCl)c(CCN)n1. The van der Waals surface area contributed by atoms with Gasteiger partial charge in [-0.15, -0.1) is 0 Å². The van der Waals surface area contributed by atoms with Crippen molar-refractivity contribution >= 4 is 23.2 Å². The summed E-state index contributed by atoms with van der Waals surface area (Å²) in [6.45, 7) is 2.70. The summed E-state index contributed by atoms with van der Waals surface area (Å²) < 4.78 is 5.49. The van der Waals surface area contributed by atoms with Crippen molar-refractivity contribution in [1.29, 1.82) is 0 Å². The molecular formula is C11H14Cl2N2O. The molecule has 0 aliphatic carbocycles. The van der Waals surface area contributed by atoms with E-state index in [0.29, 0.717) is 23.7 Å². The van der Waals surface area contributed by atoms with Crippen molar-refractivity contribution in [2.75, 3.05) is 13.2 Å². The molecule has 0 radical (unpaired) electrons. The van der Waals surface area contributed by atoms with Crippen LogP contribution < -0.4 is 10.5 Å². The van der Waals surface area contributed by atoms with Crippen molar-refractivity contribution in [1.82, 2.24) is 4.98 Å². The molecule has 1 aromatic heterocycles. The molecule has 0 saturated heterocycles. The molecule has 16 heavy (non-hydrogen) atoms. The Morgan fingerprint density at radius 2 is 2.31 bits per heavy atom. The molecule has 0 bridgehead atoms. The van der Waals surface area contributed by atoms with E-state index in [1.165, 1.54) is 5.54 Å². The van der Waals surface area contributed by atoms with Crippen LogP contribution in [0.3, 0.4) is 0 Å². The molecule has 0 aliphatic heterocycles. The predicted molar refractivity (Wildman–Crippen MR) is 67.0 cm³/mol. The molecule has 2 N–H and O–H groups in total. The Labute approximate surface area is 105 Å². The van der Waals surface area contributed by atoms with Crippen molar-refractivity contribution < 1.29 is 4.74 Å². The van der Waals surface area contributed by atoms with Gasteiger partial charge < -0.3 is 10.5 Å². The fraction of sp³-hybridized carbons (Fsp3) is 0.364. The topological polar surface area (TPSA) is 48.1 Å². The van der Waals surface area contributed by atoms with E-state index in [4.69, 9.17) is 33.7 Å². The minimum absolute atomic E-state index is 0.243. The molecule has 0 aromatic carbocycles. The fourth-order valence-electron chi connectivity index (χ4n) is 1.22. The monoisotopic (exact) mass is 260 g/mol. The molecule has 3 nitrogen and oxygen atoms in total. The zero-order valence-electron chi connectivity index (χ0n) is 9.04. The van der Waals surface area contributed by atoms with Crippen LogP contribution in [0, 0.1) is 6.92 Å². The third-order valence-corrected chi connectivity index (χ3v) is 2.53. The lowest BCUT2D eigenvalue weighted by Gasteiger charge is -2.10. The molecule has 5 heteroatoms. The summed E-state index contributed by atoms with van der Waals surface area (Å²) in [4.78, 5) is 4.37. The van der Waals surface area contributed by atoms with Crippen LogP contribution in [0.2, 0.25) is 0 Å². The molecule has 0 atom stereocenters. The molecule has 0 unspecified atom stereocenters. The average Bonchev–Trinajstić information content (AvgIpc) is 2.28. The Hall–Kier alpha value is -0.770. The summed E-state index contributed by atoms with van der Waals surface area (Å²) in [6.07, 6.45) is 0.680. The van der Waals surface area contributed by atoms with Gasteiger partial charge in [-0.3, -0.25) is 4.98 Å². The van der Waals surface area contributed by atoms with Gasteiger partial charge in [-0.05, 0) is 25.6 Å². The number of rotatable bonds is 5. The van der Waals surface area contributed by atoms with Crippen LogP contribution in [0.15, 0.2) is 22.7 Å². The Bertz CT molecular complexity index is 380. The second-order valence-corrected chi connectivity index (χ2v) is 3.98. The van der Waals surface area contributed by atoms with Crippen molar-refractivity contribution in [3.8, 4) is 5.75 Å². The van der Waals surface area contributed by atoms with Gasteiger partial charge in [0.05, 0.1) is 10.7 Å². The van der Waals surface area contributed by atoms with Crippen LogP contribution in [-0.4, -0.2) is 18.1 Å². The van der Waals surface area contributed by atoms with Gasteiger partial charge in [0.15, 0.2) is 0 Å². The summed E-state index contributed by atoms with van der Waals surface area (Å²) in [5.41, 5.74) is 8.58. The molecule has 1 rings (SSSR count). The number of nitrogens with two attached hydrogens (primary N) is 1. The van der Waals surface area contributed by atoms with Crippen LogP contribution in [-0.2, 0) is 6.42 Å². The third kappa shape index (κ3) is 4.00. The summed E-state index contributed by atoms with van der Waals surface area (Å²) in [5.74, 6) is 0.702. The summed E-state index contributed by atoms with van der Waals surface area (Å²) in [7, 11) is 0. The molecule has 1 aromatic rings. The first-order valence-corrected chi connectivity index (χ1v) is 5.73. The molecular weight excluding hydrogens is 247 g/mol. The molecule has 0 aliphatic rings. The van der Waals surface area contributed by atoms with Gasteiger partial charge in [-0.2, -0.15) is 0 Å². The van der Waals surface area contributed by atoms with Gasteiger partial charge in [0.2, 0.25) is 0 Å². The van der Waals surface area contributed by atoms with Crippen molar-refractivity contribution in [2.24, 2.45) is 5.73 Å². The lowest BCUT2D eigenvalue weighted by atomic mass is 10.2. The van der Waals surface area contributed by atoms with Gasteiger partial charge in [-0.1, -0.05) is 23.2 Å². The van der Waals surface area contributed by atoms with Gasteiger partial charge in [0.25, 0.3) is 0 Å². The Morgan fingerprint density at radius 1 is 1.56 bits per heavy atom. The highest BCUT2D eigenvalue weighted by atomic mass is 35.5. The fourth-order valence-corrected chi connectivity index (χ4v) is 1.34.